The Morgan fingerprint density at radius 1 is 0.706 bits per heavy atom. The molecule has 0 aliphatic heterocycles. The van der Waals surface area contributed by atoms with Gasteiger partial charge in [-0.05, 0) is 55.5 Å². The lowest BCUT2D eigenvalue weighted by molar-refractivity contribution is -0.143. The van der Waals surface area contributed by atoms with Crippen molar-refractivity contribution in [2.45, 2.75) is 30.6 Å². The third-order valence-electron chi connectivity index (χ3n) is 4.08. The summed E-state index contributed by atoms with van der Waals surface area (Å²) in [5.41, 5.74) is 0.908. The van der Waals surface area contributed by atoms with Crippen molar-refractivity contribution in [3.63, 3.8) is 0 Å². The van der Waals surface area contributed by atoms with E-state index in [9.17, 15) is 19.2 Å². The first-order valence-corrected chi connectivity index (χ1v) is 11.1. The van der Waals surface area contributed by atoms with E-state index >= 15 is 0 Å². The van der Waals surface area contributed by atoms with Crippen molar-refractivity contribution in [3.8, 4) is 0 Å². The van der Waals surface area contributed by atoms with Gasteiger partial charge in [0.25, 0.3) is 0 Å². The monoisotopic (exact) mass is 487 g/mol. The third kappa shape index (κ3) is 9.55. The fourth-order valence-corrected chi connectivity index (χ4v) is 3.29. The number of esters is 2. The van der Waals surface area contributed by atoms with Crippen LogP contribution >= 0.6 is 11.8 Å². The second-order valence-corrected chi connectivity index (χ2v) is 7.97. The number of carbonyl (C=O) groups is 4. The molecule has 180 valence electrons. The lowest BCUT2D eigenvalue weighted by Crippen LogP contribution is -2.13. The van der Waals surface area contributed by atoms with Crippen LogP contribution in [-0.4, -0.2) is 55.8 Å². The number of Topliss-reactive ketones (excluding diaryl/α,β-unsaturated/α-hetero) is 1. The third-order valence-corrected chi connectivity index (χ3v) is 5.09. The van der Waals surface area contributed by atoms with Gasteiger partial charge < -0.3 is 19.0 Å². The Kier molecular flexibility index (Phi) is 10.9. The molecule has 0 aliphatic carbocycles. The summed E-state index contributed by atoms with van der Waals surface area (Å²) in [5, 5.41) is 3.50. The summed E-state index contributed by atoms with van der Waals surface area (Å²) in [7, 11) is 0. The van der Waals surface area contributed by atoms with E-state index in [1.54, 1.807) is 48.5 Å². The number of benzene rings is 2. The van der Waals surface area contributed by atoms with Crippen LogP contribution in [0.25, 0.3) is 0 Å². The van der Waals surface area contributed by atoms with E-state index in [1.807, 2.05) is 0 Å². The molecule has 2 aromatic carbocycles. The van der Waals surface area contributed by atoms with Crippen molar-refractivity contribution < 1.29 is 38.2 Å². The summed E-state index contributed by atoms with van der Waals surface area (Å²) in [6.45, 7) is 4.68. The minimum absolute atomic E-state index is 0.0756. The van der Waals surface area contributed by atoms with E-state index in [4.69, 9.17) is 14.2 Å². The van der Waals surface area contributed by atoms with Crippen molar-refractivity contribution in [2.24, 2.45) is 5.16 Å². The summed E-state index contributed by atoms with van der Waals surface area (Å²) in [6.07, 6.45) is 0. The molecule has 0 radical (unpaired) electrons. The van der Waals surface area contributed by atoms with Gasteiger partial charge in [0.15, 0.2) is 0 Å². The first kappa shape index (κ1) is 26.7. The molecule has 0 amide bonds. The summed E-state index contributed by atoms with van der Waals surface area (Å²) < 4.78 is 15.1. The fourth-order valence-electron chi connectivity index (χ4n) is 2.48. The molecule has 0 saturated heterocycles. The van der Waals surface area contributed by atoms with E-state index in [0.717, 1.165) is 9.79 Å². The molecule has 9 nitrogen and oxygen atoms in total. The average Bonchev–Trinajstić information content (AvgIpc) is 2.82. The van der Waals surface area contributed by atoms with Crippen LogP contribution < -0.4 is 0 Å². The first-order chi connectivity index (χ1) is 16.3. The van der Waals surface area contributed by atoms with E-state index < -0.39 is 11.9 Å². The molecule has 0 unspecified atom stereocenters. The zero-order valence-corrected chi connectivity index (χ0v) is 19.9. The van der Waals surface area contributed by atoms with Crippen molar-refractivity contribution in [3.05, 3.63) is 59.7 Å². The molecule has 0 spiro atoms. The molecule has 0 saturated carbocycles. The summed E-state index contributed by atoms with van der Waals surface area (Å²) in [6, 6.07) is 13.8. The fraction of sp³-hybridized carbons (Fsp3) is 0.292. The van der Waals surface area contributed by atoms with E-state index in [-0.39, 0.29) is 43.9 Å². The maximum atomic E-state index is 12.3. The molecule has 0 aliphatic rings. The molecule has 0 heterocycles. The molecule has 10 heteroatoms. The highest BCUT2D eigenvalue weighted by molar-refractivity contribution is 7.99. The van der Waals surface area contributed by atoms with Crippen LogP contribution in [0, 0.1) is 0 Å². The number of ether oxygens (including phenoxy) is 3. The van der Waals surface area contributed by atoms with Gasteiger partial charge in [-0.1, -0.05) is 16.9 Å². The molecular weight excluding hydrogens is 462 g/mol. The van der Waals surface area contributed by atoms with Crippen LogP contribution in [0.15, 0.2) is 63.5 Å². The predicted molar refractivity (Wildman–Crippen MR) is 124 cm³/mol. The Balaban J connectivity index is 1.81. The van der Waals surface area contributed by atoms with Crippen LogP contribution in [0.5, 0.6) is 0 Å². The second kappa shape index (κ2) is 13.9. The Morgan fingerprint density at radius 2 is 1.24 bits per heavy atom. The van der Waals surface area contributed by atoms with E-state index in [1.165, 1.54) is 32.5 Å². The van der Waals surface area contributed by atoms with Gasteiger partial charge in [0.05, 0.1) is 18.8 Å². The van der Waals surface area contributed by atoms with Crippen molar-refractivity contribution >= 4 is 41.2 Å². The Morgan fingerprint density at radius 3 is 1.76 bits per heavy atom. The van der Waals surface area contributed by atoms with Gasteiger partial charge in [-0.2, -0.15) is 0 Å². The van der Waals surface area contributed by atoms with Gasteiger partial charge >= 0.3 is 17.9 Å². The highest BCUT2D eigenvalue weighted by atomic mass is 32.2. The SMILES string of the molecule is CC(=O)OCCOCCOC(=O)c1ccc(Sc2ccc(C(=O)C(C)=NOC(C)=O)cc2)cc1. The average molecular weight is 488 g/mol. The molecule has 0 aromatic heterocycles. The lowest BCUT2D eigenvalue weighted by Gasteiger charge is -2.07. The summed E-state index contributed by atoms with van der Waals surface area (Å²) in [5.74, 6) is -1.77. The van der Waals surface area contributed by atoms with Gasteiger partial charge in [0, 0.05) is 29.2 Å². The topological polar surface area (TPSA) is 118 Å². The molecule has 2 rings (SSSR count). The van der Waals surface area contributed by atoms with Gasteiger partial charge in [0.1, 0.15) is 18.9 Å². The minimum Gasteiger partial charge on any atom is -0.463 e. The smallest absolute Gasteiger partial charge is 0.338 e. The van der Waals surface area contributed by atoms with Gasteiger partial charge in [-0.15, -0.1) is 0 Å². The van der Waals surface area contributed by atoms with Crippen molar-refractivity contribution in [1.29, 1.82) is 0 Å². The molecule has 0 bridgehead atoms. The quantitative estimate of drug-likeness (QED) is 0.110. The maximum absolute atomic E-state index is 12.3. The summed E-state index contributed by atoms with van der Waals surface area (Å²) in [4.78, 5) is 52.1. The van der Waals surface area contributed by atoms with Gasteiger partial charge in [0.2, 0.25) is 5.78 Å². The highest BCUT2D eigenvalue weighted by Gasteiger charge is 2.12. The molecule has 0 fully saturated rings. The van der Waals surface area contributed by atoms with Crippen LogP contribution in [0.2, 0.25) is 0 Å². The van der Waals surface area contributed by atoms with Crippen LogP contribution in [0.3, 0.4) is 0 Å². The molecule has 0 N–H and O–H groups in total. The minimum atomic E-state index is -0.597. The molecule has 34 heavy (non-hydrogen) atoms. The van der Waals surface area contributed by atoms with Crippen LogP contribution in [0.4, 0.5) is 0 Å². The van der Waals surface area contributed by atoms with Gasteiger partial charge in [-0.25, -0.2) is 9.59 Å². The maximum Gasteiger partial charge on any atom is 0.338 e. The highest BCUT2D eigenvalue weighted by Crippen LogP contribution is 2.28. The number of rotatable bonds is 12. The van der Waals surface area contributed by atoms with Gasteiger partial charge in [-0.3, -0.25) is 9.59 Å². The molecular formula is C24H25NO8S. The first-order valence-electron chi connectivity index (χ1n) is 10.3. The number of oxime groups is 1. The Bertz CT molecular complexity index is 1030. The van der Waals surface area contributed by atoms with Crippen molar-refractivity contribution in [1.82, 2.24) is 0 Å². The molecule has 0 atom stereocenters. The normalized spacial score (nSPS) is 11.0. The lowest BCUT2D eigenvalue weighted by atomic mass is 10.1. The number of hydrogen-bond acceptors (Lipinski definition) is 10. The Hall–Kier alpha value is -3.50. The largest absolute Gasteiger partial charge is 0.463 e. The van der Waals surface area contributed by atoms with Crippen LogP contribution in [0.1, 0.15) is 41.5 Å². The Labute approximate surface area is 201 Å². The zero-order valence-electron chi connectivity index (χ0n) is 19.1. The predicted octanol–water partition coefficient (Wildman–Crippen LogP) is 3.70. The second-order valence-electron chi connectivity index (χ2n) is 6.83. The number of ketones is 1. The summed E-state index contributed by atoms with van der Waals surface area (Å²) >= 11 is 1.46. The van der Waals surface area contributed by atoms with E-state index in [0.29, 0.717) is 11.1 Å². The van der Waals surface area contributed by atoms with Crippen molar-refractivity contribution in [2.75, 3.05) is 26.4 Å². The standard InChI is InChI=1S/C24H25NO8S/c1-16(25-33-18(3)27)23(28)19-4-8-21(9-5-19)34-22-10-6-20(7-11-22)24(29)32-15-13-30-12-14-31-17(2)26/h4-11H,12-15H2,1-3H3. The number of carbonyl (C=O) groups excluding carboxylic acids is 4. The zero-order chi connectivity index (χ0) is 24.9. The number of nitrogens with zero attached hydrogens (tertiary/aromatic N) is 1. The van der Waals surface area contributed by atoms with Crippen LogP contribution in [-0.2, 0) is 28.6 Å². The van der Waals surface area contributed by atoms with E-state index in [2.05, 4.69) is 9.99 Å². The molecule has 2 aromatic rings. The number of hydrogen-bond donors (Lipinski definition) is 0.